The zero-order valence-corrected chi connectivity index (χ0v) is 14.1. The normalized spacial score (nSPS) is 17.8. The van der Waals surface area contributed by atoms with Crippen LogP contribution in [0.2, 0.25) is 10.0 Å². The molecule has 8 heteroatoms. The number of nitrogens with zero attached hydrogens (tertiary/aromatic N) is 1. The predicted octanol–water partition coefficient (Wildman–Crippen LogP) is 2.79. The van der Waals surface area contributed by atoms with Crippen LogP contribution in [-0.4, -0.2) is 38.9 Å². The molecule has 1 heterocycles. The molecule has 1 saturated heterocycles. The lowest BCUT2D eigenvalue weighted by molar-refractivity contribution is 0.298. The van der Waals surface area contributed by atoms with Crippen LogP contribution in [0.15, 0.2) is 23.1 Å². The van der Waals surface area contributed by atoms with Gasteiger partial charge in [0.25, 0.3) is 0 Å². The molecular formula is C12H17Cl3N2O2S. The van der Waals surface area contributed by atoms with Gasteiger partial charge in [0.2, 0.25) is 10.0 Å². The lowest BCUT2D eigenvalue weighted by Gasteiger charge is -2.31. The summed E-state index contributed by atoms with van der Waals surface area (Å²) in [6.07, 6.45) is 1.61. The van der Waals surface area contributed by atoms with E-state index in [1.54, 1.807) is 6.07 Å². The van der Waals surface area contributed by atoms with Crippen molar-refractivity contribution in [2.24, 2.45) is 0 Å². The van der Waals surface area contributed by atoms with Gasteiger partial charge in [-0.05, 0) is 38.1 Å². The Hall–Kier alpha value is -0.0400. The molecule has 1 aliphatic rings. The summed E-state index contributed by atoms with van der Waals surface area (Å²) in [5.74, 6) is 0. The lowest BCUT2D eigenvalue weighted by Crippen LogP contribution is -2.43. The molecule has 1 fully saturated rings. The fraction of sp³-hybridized carbons (Fsp3) is 0.500. The molecule has 114 valence electrons. The highest BCUT2D eigenvalue weighted by molar-refractivity contribution is 7.89. The third-order valence-corrected chi connectivity index (χ3v) is 5.99. The minimum absolute atomic E-state index is 0. The average molecular weight is 360 g/mol. The maximum absolute atomic E-state index is 12.5. The summed E-state index contributed by atoms with van der Waals surface area (Å²) in [6, 6.07) is 4.84. The zero-order valence-electron chi connectivity index (χ0n) is 11.0. The van der Waals surface area contributed by atoms with E-state index < -0.39 is 10.0 Å². The van der Waals surface area contributed by atoms with Crippen molar-refractivity contribution in [3.8, 4) is 0 Å². The molecule has 0 unspecified atom stereocenters. The van der Waals surface area contributed by atoms with Crippen molar-refractivity contribution in [1.82, 2.24) is 9.62 Å². The summed E-state index contributed by atoms with van der Waals surface area (Å²) >= 11 is 11.8. The molecule has 2 rings (SSSR count). The molecule has 4 nitrogen and oxygen atoms in total. The summed E-state index contributed by atoms with van der Waals surface area (Å²) in [5.41, 5.74) is 0. The molecule has 20 heavy (non-hydrogen) atoms. The van der Waals surface area contributed by atoms with E-state index in [1.807, 2.05) is 7.05 Å². The predicted molar refractivity (Wildman–Crippen MR) is 84.6 cm³/mol. The first-order valence-corrected chi connectivity index (χ1v) is 8.27. The van der Waals surface area contributed by atoms with E-state index >= 15 is 0 Å². The minimum atomic E-state index is -3.53. The van der Waals surface area contributed by atoms with Crippen molar-refractivity contribution < 1.29 is 8.42 Å². The lowest BCUT2D eigenvalue weighted by atomic mass is 10.1. The second-order valence-electron chi connectivity index (χ2n) is 4.54. The molecule has 0 bridgehead atoms. The Balaban J connectivity index is 0.00000200. The van der Waals surface area contributed by atoms with Gasteiger partial charge in [-0.3, -0.25) is 0 Å². The van der Waals surface area contributed by atoms with E-state index in [4.69, 9.17) is 23.2 Å². The molecule has 0 spiro atoms. The first kappa shape index (κ1) is 18.0. The zero-order chi connectivity index (χ0) is 14.0. The van der Waals surface area contributed by atoms with Gasteiger partial charge in [0.1, 0.15) is 4.90 Å². The Kier molecular flexibility index (Phi) is 6.57. The number of hydrogen-bond acceptors (Lipinski definition) is 3. The summed E-state index contributed by atoms with van der Waals surface area (Å²) in [6.45, 7) is 1.01. The molecule has 0 aliphatic carbocycles. The van der Waals surface area contributed by atoms with Crippen LogP contribution < -0.4 is 5.32 Å². The van der Waals surface area contributed by atoms with E-state index in [0.717, 1.165) is 12.8 Å². The molecular weight excluding hydrogens is 343 g/mol. The van der Waals surface area contributed by atoms with Gasteiger partial charge in [0.05, 0.1) is 5.02 Å². The number of rotatable bonds is 3. The van der Waals surface area contributed by atoms with Gasteiger partial charge in [-0.1, -0.05) is 23.2 Å². The SMILES string of the molecule is CNC1CCN(S(=O)(=O)c2ccc(Cl)cc2Cl)CC1.Cl. The third-order valence-electron chi connectivity index (χ3n) is 3.37. The van der Waals surface area contributed by atoms with Gasteiger partial charge in [-0.2, -0.15) is 4.31 Å². The van der Waals surface area contributed by atoms with Crippen molar-refractivity contribution in [3.63, 3.8) is 0 Å². The van der Waals surface area contributed by atoms with Crippen LogP contribution in [-0.2, 0) is 10.0 Å². The molecule has 0 atom stereocenters. The highest BCUT2D eigenvalue weighted by Gasteiger charge is 2.30. The average Bonchev–Trinajstić information content (AvgIpc) is 2.38. The maximum atomic E-state index is 12.5. The van der Waals surface area contributed by atoms with E-state index in [-0.39, 0.29) is 22.3 Å². The number of piperidine rings is 1. The topological polar surface area (TPSA) is 49.4 Å². The Bertz CT molecular complexity index is 558. The fourth-order valence-corrected chi connectivity index (χ4v) is 4.42. The molecule has 1 aromatic rings. The van der Waals surface area contributed by atoms with Gasteiger partial charge in [-0.15, -0.1) is 12.4 Å². The Labute approximate surface area is 135 Å². The Morgan fingerprint density at radius 1 is 1.25 bits per heavy atom. The molecule has 0 radical (unpaired) electrons. The molecule has 0 aromatic heterocycles. The fourth-order valence-electron chi connectivity index (χ4n) is 2.21. The van der Waals surface area contributed by atoms with Crippen LogP contribution in [0.3, 0.4) is 0 Å². The van der Waals surface area contributed by atoms with Crippen molar-refractivity contribution in [3.05, 3.63) is 28.2 Å². The van der Waals surface area contributed by atoms with Crippen LogP contribution in [0, 0.1) is 0 Å². The number of sulfonamides is 1. The number of halogens is 3. The van der Waals surface area contributed by atoms with Crippen molar-refractivity contribution in [1.29, 1.82) is 0 Å². The quantitative estimate of drug-likeness (QED) is 0.903. The standard InChI is InChI=1S/C12H16Cl2N2O2S.ClH/c1-15-10-4-6-16(7-5-10)19(17,18)12-3-2-9(13)8-11(12)14;/h2-3,8,10,15H,4-7H2,1H3;1H. The Morgan fingerprint density at radius 3 is 2.35 bits per heavy atom. The summed E-state index contributed by atoms with van der Waals surface area (Å²) in [7, 11) is -1.63. The van der Waals surface area contributed by atoms with Crippen LogP contribution >= 0.6 is 35.6 Å². The van der Waals surface area contributed by atoms with E-state index in [0.29, 0.717) is 24.2 Å². The van der Waals surface area contributed by atoms with Crippen LogP contribution in [0.25, 0.3) is 0 Å². The molecule has 1 N–H and O–H groups in total. The molecule has 0 saturated carbocycles. The van der Waals surface area contributed by atoms with E-state index in [9.17, 15) is 8.42 Å². The highest BCUT2D eigenvalue weighted by atomic mass is 35.5. The maximum Gasteiger partial charge on any atom is 0.244 e. The van der Waals surface area contributed by atoms with E-state index in [1.165, 1.54) is 16.4 Å². The van der Waals surface area contributed by atoms with E-state index in [2.05, 4.69) is 5.32 Å². The largest absolute Gasteiger partial charge is 0.317 e. The number of nitrogens with one attached hydrogen (secondary N) is 1. The van der Waals surface area contributed by atoms with Gasteiger partial charge in [0.15, 0.2) is 0 Å². The molecule has 1 aromatic carbocycles. The third kappa shape index (κ3) is 3.78. The smallest absolute Gasteiger partial charge is 0.244 e. The minimum Gasteiger partial charge on any atom is -0.317 e. The molecule has 1 aliphatic heterocycles. The van der Waals surface area contributed by atoms with Crippen LogP contribution in [0.5, 0.6) is 0 Å². The van der Waals surface area contributed by atoms with Crippen molar-refractivity contribution in [2.75, 3.05) is 20.1 Å². The Morgan fingerprint density at radius 2 is 1.85 bits per heavy atom. The summed E-state index contributed by atoms with van der Waals surface area (Å²) in [5, 5.41) is 3.77. The van der Waals surface area contributed by atoms with Gasteiger partial charge in [-0.25, -0.2) is 8.42 Å². The second-order valence-corrected chi connectivity index (χ2v) is 7.29. The van der Waals surface area contributed by atoms with Crippen LogP contribution in [0.4, 0.5) is 0 Å². The van der Waals surface area contributed by atoms with Crippen LogP contribution in [0.1, 0.15) is 12.8 Å². The monoisotopic (exact) mass is 358 g/mol. The van der Waals surface area contributed by atoms with Crippen molar-refractivity contribution >= 4 is 45.6 Å². The first-order valence-electron chi connectivity index (χ1n) is 6.07. The summed E-state index contributed by atoms with van der Waals surface area (Å²) in [4.78, 5) is 0.126. The highest BCUT2D eigenvalue weighted by Crippen LogP contribution is 2.29. The van der Waals surface area contributed by atoms with Gasteiger partial charge >= 0.3 is 0 Å². The number of hydrogen-bond donors (Lipinski definition) is 1. The summed E-state index contributed by atoms with van der Waals surface area (Å²) < 4.78 is 26.5. The van der Waals surface area contributed by atoms with Gasteiger partial charge < -0.3 is 5.32 Å². The van der Waals surface area contributed by atoms with Crippen molar-refractivity contribution in [2.45, 2.75) is 23.8 Å². The molecule has 0 amide bonds. The second kappa shape index (κ2) is 7.29. The van der Waals surface area contributed by atoms with Gasteiger partial charge in [0, 0.05) is 24.2 Å². The first-order chi connectivity index (χ1) is 8.95. The number of benzene rings is 1.